The summed E-state index contributed by atoms with van der Waals surface area (Å²) in [6, 6.07) is 4.15. The van der Waals surface area contributed by atoms with Gasteiger partial charge in [0.15, 0.2) is 0 Å². The third kappa shape index (κ3) is 9.39. The van der Waals surface area contributed by atoms with Crippen molar-refractivity contribution < 1.29 is 32.0 Å². The van der Waals surface area contributed by atoms with Gasteiger partial charge in [-0.15, -0.1) is 0 Å². The van der Waals surface area contributed by atoms with Gasteiger partial charge in [0.1, 0.15) is 40.6 Å². The average Bonchev–Trinajstić information content (AvgIpc) is 2.62. The minimum Gasteiger partial charge on any atom is -0.458 e. The number of ether oxygens (including phenoxy) is 2. The molecule has 0 radical (unpaired) electrons. The molecule has 1 aromatic carbocycles. The number of hydrogen-bond donors (Lipinski definition) is 1. The van der Waals surface area contributed by atoms with E-state index in [4.69, 9.17) is 14.0 Å². The van der Waals surface area contributed by atoms with E-state index < -0.39 is 27.4 Å². The zero-order valence-corrected chi connectivity index (χ0v) is 19.4. The summed E-state index contributed by atoms with van der Waals surface area (Å²) in [5, 5.41) is 0. The van der Waals surface area contributed by atoms with Crippen molar-refractivity contribution in [2.75, 3.05) is 5.75 Å². The summed E-state index contributed by atoms with van der Waals surface area (Å²) in [5.41, 5.74) is 1.94. The molecule has 1 N–H and O–H groups in total. The number of benzene rings is 1. The molecule has 7 nitrogen and oxygen atoms in total. The summed E-state index contributed by atoms with van der Waals surface area (Å²) in [5.74, 6) is -0.944. The highest BCUT2D eigenvalue weighted by Crippen LogP contribution is 2.27. The molecule has 0 unspecified atom stereocenters. The number of hydrogen-bond acceptors (Lipinski definition) is 6. The lowest BCUT2D eigenvalue weighted by molar-refractivity contribution is -0.154. The maximum Gasteiger partial charge on any atom is 0.311 e. The zero-order valence-electron chi connectivity index (χ0n) is 18.6. The smallest absolute Gasteiger partial charge is 0.311 e. The number of carbonyl (C=O) groups excluding carboxylic acids is 2. The van der Waals surface area contributed by atoms with Gasteiger partial charge in [0.2, 0.25) is 0 Å². The molecule has 1 rings (SSSR count). The van der Waals surface area contributed by atoms with Crippen molar-refractivity contribution in [3.05, 3.63) is 28.8 Å². The molecule has 0 saturated heterocycles. The van der Waals surface area contributed by atoms with Crippen LogP contribution in [0.5, 0.6) is 5.75 Å². The second-order valence-corrected chi connectivity index (χ2v) is 9.40. The third-order valence-corrected chi connectivity index (χ3v) is 5.68. The minimum absolute atomic E-state index is 0.0494. The number of carbonyl (C=O) groups is 2. The second kappa shape index (κ2) is 11.6. The van der Waals surface area contributed by atoms with Crippen molar-refractivity contribution in [3.63, 3.8) is 0 Å². The van der Waals surface area contributed by atoms with E-state index >= 15 is 0 Å². The first-order valence-corrected chi connectivity index (χ1v) is 12.0. The quantitative estimate of drug-likeness (QED) is 0.159. The fourth-order valence-corrected chi connectivity index (χ4v) is 4.16. The lowest BCUT2D eigenvalue weighted by atomic mass is 9.85. The third-order valence-electron chi connectivity index (χ3n) is 4.62. The van der Waals surface area contributed by atoms with Crippen LogP contribution in [0.4, 0.5) is 0 Å². The maximum atomic E-state index is 12.3. The summed E-state index contributed by atoms with van der Waals surface area (Å²) in [7, 11) is 1.90. The van der Waals surface area contributed by atoms with Crippen LogP contribution >= 0.6 is 0 Å². The van der Waals surface area contributed by atoms with Gasteiger partial charge in [0.05, 0.1) is 0 Å². The highest BCUT2D eigenvalue weighted by atomic mass is 32.2. The van der Waals surface area contributed by atoms with Gasteiger partial charge in [-0.2, -0.15) is 8.42 Å². The molecule has 0 fully saturated rings. The van der Waals surface area contributed by atoms with Crippen LogP contribution in [0.2, 0.25) is 0 Å². The van der Waals surface area contributed by atoms with Gasteiger partial charge >= 0.3 is 11.9 Å². The van der Waals surface area contributed by atoms with Crippen LogP contribution in [0.25, 0.3) is 0 Å². The summed E-state index contributed by atoms with van der Waals surface area (Å²) in [6.45, 7) is 2.83. The number of unbranched alkanes of at least 4 members (excludes halogenated alkanes) is 1. The lowest BCUT2D eigenvalue weighted by Crippen LogP contribution is -2.35. The normalized spacial score (nSPS) is 11.8. The predicted octanol–water partition coefficient (Wildman–Crippen LogP) is -0.239. The molecule has 11 heteroatoms. The first-order chi connectivity index (χ1) is 13.9. The van der Waals surface area contributed by atoms with Crippen LogP contribution in [0.15, 0.2) is 12.1 Å². The van der Waals surface area contributed by atoms with Crippen LogP contribution in [-0.2, 0) is 43.4 Å². The second-order valence-electron chi connectivity index (χ2n) is 7.95. The Hall–Kier alpha value is -1.74. The van der Waals surface area contributed by atoms with E-state index in [1.807, 2.05) is 15.7 Å². The van der Waals surface area contributed by atoms with E-state index in [-0.39, 0.29) is 18.8 Å². The van der Waals surface area contributed by atoms with Gasteiger partial charge in [-0.25, -0.2) is 0 Å². The van der Waals surface area contributed by atoms with Gasteiger partial charge in [-0.1, -0.05) is 36.7 Å². The van der Waals surface area contributed by atoms with E-state index in [0.29, 0.717) is 18.6 Å². The van der Waals surface area contributed by atoms with Gasteiger partial charge < -0.3 is 9.47 Å². The lowest BCUT2D eigenvalue weighted by Gasteiger charge is -2.23. The minimum atomic E-state index is -4.25. The van der Waals surface area contributed by atoms with E-state index in [0.717, 1.165) is 30.1 Å². The van der Waals surface area contributed by atoms with Gasteiger partial charge in [0, 0.05) is 12.8 Å². The Balaban J connectivity index is 2.54. The molecule has 0 atom stereocenters. The molecular formula is C19H31B3O7S. The van der Waals surface area contributed by atoms with Crippen molar-refractivity contribution in [2.45, 2.75) is 64.1 Å². The summed E-state index contributed by atoms with van der Waals surface area (Å²) >= 11 is 0. The first-order valence-electron chi connectivity index (χ1n) is 10.4. The zero-order chi connectivity index (χ0) is 22.9. The Morgan fingerprint density at radius 2 is 1.47 bits per heavy atom. The maximum absolute atomic E-state index is 12.3. The Morgan fingerprint density at radius 1 is 0.967 bits per heavy atom. The van der Waals surface area contributed by atoms with E-state index in [1.54, 1.807) is 0 Å². The van der Waals surface area contributed by atoms with Crippen LogP contribution in [0.1, 0.15) is 56.2 Å². The van der Waals surface area contributed by atoms with Crippen LogP contribution in [0.3, 0.4) is 0 Å². The topological polar surface area (TPSA) is 107 Å². The Bertz CT molecular complexity index is 829. The average molecular weight is 436 g/mol. The van der Waals surface area contributed by atoms with Gasteiger partial charge in [-0.05, 0) is 37.8 Å². The molecule has 0 aromatic heterocycles. The molecule has 0 spiro atoms. The highest BCUT2D eigenvalue weighted by Gasteiger charge is 2.28. The molecule has 0 aliphatic heterocycles. The summed E-state index contributed by atoms with van der Waals surface area (Å²) < 4.78 is 41.6. The van der Waals surface area contributed by atoms with Crippen LogP contribution in [0, 0.1) is 0 Å². The molecule has 0 aliphatic carbocycles. The largest absolute Gasteiger partial charge is 0.458 e. The number of rotatable bonds is 12. The molecule has 164 valence electrons. The molecule has 30 heavy (non-hydrogen) atoms. The Labute approximate surface area is 182 Å². The highest BCUT2D eigenvalue weighted by molar-refractivity contribution is 7.85. The Kier molecular flexibility index (Phi) is 10.2. The van der Waals surface area contributed by atoms with E-state index in [2.05, 4.69) is 20.0 Å². The molecule has 0 bridgehead atoms. The fourth-order valence-electron chi connectivity index (χ4n) is 3.22. The van der Waals surface area contributed by atoms with Crippen LogP contribution < -0.4 is 4.74 Å². The van der Waals surface area contributed by atoms with Gasteiger partial charge in [-0.3, -0.25) is 14.1 Å². The van der Waals surface area contributed by atoms with Crippen molar-refractivity contribution in [2.24, 2.45) is 0 Å². The molecule has 0 aliphatic rings. The molecular weight excluding hydrogens is 405 g/mol. The van der Waals surface area contributed by atoms with E-state index in [9.17, 15) is 18.0 Å². The van der Waals surface area contributed by atoms with Crippen molar-refractivity contribution in [1.29, 1.82) is 0 Å². The Morgan fingerprint density at radius 3 is 1.90 bits per heavy atom. The molecule has 0 saturated carbocycles. The van der Waals surface area contributed by atoms with Crippen LogP contribution in [-0.4, -0.2) is 59.8 Å². The first kappa shape index (κ1) is 26.3. The molecule has 0 heterocycles. The standard InChI is InChI=1S/C19H31B3O7S/c1-19(2,12-30(25,26)27)29-17(24)6-4-3-5-16(23)28-18-14(10-21)7-13(9-20)8-15(18)11-22/h7-8H,3-6,9-12,20-22H2,1-2H3,(H,25,26,27). The SMILES string of the molecule is BCc1cc(CB)c(OC(=O)CCCCC(=O)OC(C)(C)CS(=O)(=O)O)c(CB)c1. The van der Waals surface area contributed by atoms with Crippen molar-refractivity contribution in [1.82, 2.24) is 0 Å². The van der Waals surface area contributed by atoms with E-state index in [1.165, 1.54) is 19.4 Å². The van der Waals surface area contributed by atoms with Crippen molar-refractivity contribution >= 4 is 45.6 Å². The fraction of sp³-hybridized carbons (Fsp3) is 0.579. The molecule has 1 aromatic rings. The summed E-state index contributed by atoms with van der Waals surface area (Å²) in [4.78, 5) is 24.2. The predicted molar refractivity (Wildman–Crippen MR) is 124 cm³/mol. The summed E-state index contributed by atoms with van der Waals surface area (Å²) in [6.07, 6.45) is 3.54. The number of esters is 2. The van der Waals surface area contributed by atoms with Gasteiger partial charge in [0.25, 0.3) is 10.1 Å². The molecule has 0 amide bonds. The van der Waals surface area contributed by atoms with Crippen molar-refractivity contribution in [3.8, 4) is 5.75 Å². The monoisotopic (exact) mass is 436 g/mol.